The first-order valence-electron chi connectivity index (χ1n) is 18.4. The van der Waals surface area contributed by atoms with E-state index in [2.05, 4.69) is 5.32 Å². The molecular weight excluding hydrogens is 793 g/mol. The maximum absolute atomic E-state index is 16.0. The third-order valence-electron chi connectivity index (χ3n) is 13.8. The number of hydrogen-bond acceptors (Lipinski definition) is 12. The summed E-state index contributed by atoms with van der Waals surface area (Å²) in [6.07, 6.45) is -3.99. The summed E-state index contributed by atoms with van der Waals surface area (Å²) in [5, 5.41) is 17.1. The van der Waals surface area contributed by atoms with Gasteiger partial charge in [0.2, 0.25) is 9.74 Å². The van der Waals surface area contributed by atoms with Gasteiger partial charge in [-0.3, -0.25) is 28.9 Å². The van der Waals surface area contributed by atoms with Gasteiger partial charge in [0.15, 0.2) is 15.8 Å². The summed E-state index contributed by atoms with van der Waals surface area (Å²) in [4.78, 5) is 73.9. The Bertz CT molecular complexity index is 2210. The van der Waals surface area contributed by atoms with Crippen LogP contribution in [-0.4, -0.2) is 112 Å². The fraction of sp³-hybridized carbons (Fsp3) is 0.541. The predicted molar refractivity (Wildman–Crippen MR) is 203 cm³/mol. The van der Waals surface area contributed by atoms with Crippen LogP contribution in [0, 0.1) is 11.6 Å². The molecule has 0 radical (unpaired) electrons. The monoisotopic (exact) mass is 829 g/mol. The van der Waals surface area contributed by atoms with Gasteiger partial charge in [-0.05, 0) is 94.3 Å². The molecule has 10 aliphatic rings. The number of fused-ring (bicyclic) bond motifs is 11. The van der Waals surface area contributed by atoms with E-state index in [1.807, 2.05) is 0 Å². The first-order chi connectivity index (χ1) is 26.2. The van der Waals surface area contributed by atoms with E-state index in [4.69, 9.17) is 4.74 Å². The third-order valence-corrected chi connectivity index (χ3v) is 21.4. The standard InChI is InChI=1S/C37H37F2N5O7S4/c1-6-9-24(45)51-26-35(21-16-19(39)12-13-22(21)40-27(35)44-29(48)33(8-3)42(5)31(50)37(26,44)55-53-33)34-20-15-18(38)11-10-17(20)14-23(34)43-28(47)32(7-2)41(4)30(49)36(43,25(34)46)54-52-32/h10-13,15-16,23,25-27,40,46H,6-9,14H2,1-5H3/t23-,25-,26-,27+,32-,33-,34-,35+,36-,37-/m0/s1. The SMILES string of the molecule is CCCC(=O)O[C@H]1[C@]2([C@@]34c5cc(F)ccc5C[C@@H]3N3C(=O)[C@]5(CC)SS[C@]3(C(=O)N5C)[C@H]4O)c3cc(F)ccc3N[C@@H]2N2C(=O)[C@]3(CC)SS[C@]12C(=O)N3C. The zero-order valence-corrected chi connectivity index (χ0v) is 33.6. The molecule has 9 heterocycles. The summed E-state index contributed by atoms with van der Waals surface area (Å²) in [5.74, 6) is -4.01. The molecule has 2 aromatic carbocycles. The second-order valence-electron chi connectivity index (χ2n) is 15.6. The van der Waals surface area contributed by atoms with Gasteiger partial charge in [-0.15, -0.1) is 0 Å². The lowest BCUT2D eigenvalue weighted by atomic mass is 9.51. The Morgan fingerprint density at radius 2 is 1.40 bits per heavy atom. The summed E-state index contributed by atoms with van der Waals surface area (Å²) in [6.45, 7) is 5.39. The number of hydrogen-bond donors (Lipinski definition) is 2. The Kier molecular flexibility index (Phi) is 7.27. The van der Waals surface area contributed by atoms with E-state index >= 15 is 23.2 Å². The van der Waals surface area contributed by atoms with Crippen LogP contribution in [0.25, 0.3) is 0 Å². The average molecular weight is 830 g/mol. The molecule has 8 fully saturated rings. The number of halogens is 2. The molecule has 0 unspecified atom stereocenters. The molecule has 4 amide bonds. The van der Waals surface area contributed by atoms with Crippen LogP contribution in [0.1, 0.15) is 63.1 Å². The van der Waals surface area contributed by atoms with E-state index < -0.39 is 96.0 Å². The quantitative estimate of drug-likeness (QED) is 0.323. The number of esters is 1. The number of piperazine rings is 2. The lowest BCUT2D eigenvalue weighted by Gasteiger charge is -2.59. The number of nitrogens with zero attached hydrogens (tertiary/aromatic N) is 4. The van der Waals surface area contributed by atoms with Gasteiger partial charge >= 0.3 is 5.97 Å². The van der Waals surface area contributed by atoms with Crippen LogP contribution in [0.4, 0.5) is 14.5 Å². The van der Waals surface area contributed by atoms with Gasteiger partial charge in [-0.1, -0.05) is 48.4 Å². The molecule has 2 N–H and O–H groups in total. The van der Waals surface area contributed by atoms with Gasteiger partial charge in [0.05, 0.1) is 16.9 Å². The van der Waals surface area contributed by atoms with E-state index in [1.54, 1.807) is 26.8 Å². The number of ether oxygens (including phenoxy) is 1. The zero-order chi connectivity index (χ0) is 39.0. The second-order valence-corrected chi connectivity index (χ2v) is 20.9. The van der Waals surface area contributed by atoms with Crippen molar-refractivity contribution in [2.75, 3.05) is 19.4 Å². The minimum atomic E-state index is -2.00. The molecule has 1 aliphatic carbocycles. The van der Waals surface area contributed by atoms with Gasteiger partial charge in [0.1, 0.15) is 23.9 Å². The molecule has 8 saturated heterocycles. The number of aliphatic hydroxyl groups is 1. The van der Waals surface area contributed by atoms with Crippen molar-refractivity contribution < 1.29 is 42.6 Å². The molecule has 18 heteroatoms. The Morgan fingerprint density at radius 1 is 0.818 bits per heavy atom. The second kappa shape index (κ2) is 11.0. The largest absolute Gasteiger partial charge is 0.457 e. The van der Waals surface area contributed by atoms with Crippen LogP contribution in [0.5, 0.6) is 0 Å². The summed E-state index contributed by atoms with van der Waals surface area (Å²) in [6, 6.07) is 7.01. The predicted octanol–water partition coefficient (Wildman–Crippen LogP) is 3.91. The molecule has 12 rings (SSSR count). The Balaban J connectivity index is 1.38. The number of rotatable bonds is 6. The number of anilines is 1. The smallest absolute Gasteiger partial charge is 0.306 e. The van der Waals surface area contributed by atoms with Crippen LogP contribution in [-0.2, 0) is 46.0 Å². The van der Waals surface area contributed by atoms with Crippen molar-refractivity contribution in [2.24, 2.45) is 0 Å². The number of carbonyl (C=O) groups excluding carboxylic acids is 5. The van der Waals surface area contributed by atoms with Crippen molar-refractivity contribution in [3.8, 4) is 0 Å². The van der Waals surface area contributed by atoms with Crippen molar-refractivity contribution in [3.63, 3.8) is 0 Å². The van der Waals surface area contributed by atoms with Crippen molar-refractivity contribution in [1.82, 2.24) is 19.6 Å². The molecule has 0 saturated carbocycles. The van der Waals surface area contributed by atoms with Crippen LogP contribution in [0.15, 0.2) is 36.4 Å². The highest BCUT2D eigenvalue weighted by Gasteiger charge is 2.93. The molecule has 0 aromatic heterocycles. The normalized spacial score (nSPS) is 41.3. The van der Waals surface area contributed by atoms with Crippen molar-refractivity contribution in [1.29, 1.82) is 0 Å². The lowest BCUT2D eigenvalue weighted by molar-refractivity contribution is -0.173. The number of nitrogens with one attached hydrogen (secondary N) is 1. The van der Waals surface area contributed by atoms with E-state index in [0.717, 1.165) is 21.6 Å². The summed E-state index contributed by atoms with van der Waals surface area (Å²) < 4.78 is 38.7. The van der Waals surface area contributed by atoms with Crippen LogP contribution >= 0.6 is 43.2 Å². The highest BCUT2D eigenvalue weighted by atomic mass is 33.1. The molecule has 55 heavy (non-hydrogen) atoms. The van der Waals surface area contributed by atoms with Crippen LogP contribution < -0.4 is 5.32 Å². The molecule has 290 valence electrons. The van der Waals surface area contributed by atoms with E-state index in [9.17, 15) is 14.7 Å². The molecule has 12 nitrogen and oxygen atoms in total. The Morgan fingerprint density at radius 3 is 2.04 bits per heavy atom. The van der Waals surface area contributed by atoms with Crippen molar-refractivity contribution >= 4 is 78.5 Å². The van der Waals surface area contributed by atoms with Gasteiger partial charge < -0.3 is 29.9 Å². The van der Waals surface area contributed by atoms with Gasteiger partial charge in [0, 0.05) is 26.2 Å². The fourth-order valence-corrected chi connectivity index (χ4v) is 19.4. The van der Waals surface area contributed by atoms with Gasteiger partial charge in [-0.25, -0.2) is 8.78 Å². The number of likely N-dealkylation sites (N-methyl/N-ethyl adjacent to an activating group) is 2. The molecule has 4 bridgehead atoms. The minimum Gasteiger partial charge on any atom is -0.457 e. The topological polar surface area (TPSA) is 140 Å². The minimum absolute atomic E-state index is 0.0481. The number of benzene rings is 2. The molecular formula is C37H37F2N5O7S4. The highest BCUT2D eigenvalue weighted by Crippen LogP contribution is 2.79. The summed E-state index contributed by atoms with van der Waals surface area (Å²) >= 11 is 0. The van der Waals surface area contributed by atoms with E-state index in [-0.39, 0.29) is 36.8 Å². The van der Waals surface area contributed by atoms with E-state index in [1.165, 1.54) is 85.6 Å². The van der Waals surface area contributed by atoms with Crippen LogP contribution in [0.2, 0.25) is 0 Å². The maximum Gasteiger partial charge on any atom is 0.306 e. The van der Waals surface area contributed by atoms with Gasteiger partial charge in [-0.2, -0.15) is 0 Å². The molecule has 10 atom stereocenters. The lowest BCUT2D eigenvalue weighted by Crippen LogP contribution is -2.78. The number of carbonyl (C=O) groups is 5. The van der Waals surface area contributed by atoms with Crippen molar-refractivity contribution in [2.45, 2.75) is 108 Å². The summed E-state index contributed by atoms with van der Waals surface area (Å²) in [5.41, 5.74) is -2.67. The first-order valence-corrected chi connectivity index (χ1v) is 22.7. The van der Waals surface area contributed by atoms with Gasteiger partial charge in [0.25, 0.3) is 23.6 Å². The number of amides is 4. The van der Waals surface area contributed by atoms with Crippen LogP contribution in [0.3, 0.4) is 0 Å². The Labute approximate surface area is 330 Å². The highest BCUT2D eigenvalue weighted by molar-refractivity contribution is 8.78. The molecule has 9 aliphatic heterocycles. The third kappa shape index (κ3) is 3.47. The maximum atomic E-state index is 16.0. The molecule has 2 aromatic rings. The first kappa shape index (κ1) is 36.2. The van der Waals surface area contributed by atoms with E-state index in [0.29, 0.717) is 17.7 Å². The van der Waals surface area contributed by atoms with Crippen molar-refractivity contribution in [3.05, 3.63) is 64.7 Å². The summed E-state index contributed by atoms with van der Waals surface area (Å²) in [7, 11) is 7.60. The zero-order valence-electron chi connectivity index (χ0n) is 30.4. The average Bonchev–Trinajstić information content (AvgIpc) is 3.81. The fourth-order valence-electron chi connectivity index (χ4n) is 11.5. The Hall–Kier alpha value is -3.19. The number of aliphatic hydroxyl groups excluding tert-OH is 1. The molecule has 2 spiro atoms.